The number of ether oxygens (including phenoxy) is 2. The number of benzene rings is 3. The van der Waals surface area contributed by atoms with Gasteiger partial charge in [-0.15, -0.1) is 0 Å². The van der Waals surface area contributed by atoms with Crippen molar-refractivity contribution in [2.45, 2.75) is 30.6 Å². The third-order valence-electron chi connectivity index (χ3n) is 6.40. The summed E-state index contributed by atoms with van der Waals surface area (Å²) in [6, 6.07) is 20.7. The first kappa shape index (κ1) is 26.3. The number of amides is 1. The number of nitrogens with zero attached hydrogens (tertiary/aromatic N) is 2. The summed E-state index contributed by atoms with van der Waals surface area (Å²) in [5.41, 5.74) is 2.90. The Bertz CT molecular complexity index is 1490. The summed E-state index contributed by atoms with van der Waals surface area (Å²) < 4.78 is 14.1. The molecule has 200 valence electrons. The number of aromatic nitrogens is 2. The van der Waals surface area contributed by atoms with Crippen LogP contribution in [0.1, 0.15) is 25.7 Å². The zero-order valence-electron chi connectivity index (χ0n) is 21.7. The molecule has 1 atom stereocenters. The average Bonchev–Trinajstić information content (AvgIpc) is 2.96. The maximum atomic E-state index is 12.7. The lowest BCUT2D eigenvalue weighted by Gasteiger charge is -2.20. The van der Waals surface area contributed by atoms with Crippen LogP contribution in [0.4, 0.5) is 23.0 Å². The van der Waals surface area contributed by atoms with E-state index in [1.165, 1.54) is 11.9 Å². The Morgan fingerprint density at radius 1 is 0.897 bits per heavy atom. The Balaban J connectivity index is 1.35. The van der Waals surface area contributed by atoms with Crippen LogP contribution < -0.4 is 24.8 Å². The summed E-state index contributed by atoms with van der Waals surface area (Å²) in [5, 5.41) is 6.30. The fraction of sp³-hybridized carbons (Fsp3) is 0.241. The Morgan fingerprint density at radius 2 is 1.62 bits per heavy atom. The number of fused-ring (bicyclic) bond motifs is 1. The van der Waals surface area contributed by atoms with Gasteiger partial charge in [0.2, 0.25) is 5.91 Å². The smallest absolute Gasteiger partial charge is 0.227 e. The first-order chi connectivity index (χ1) is 19.0. The summed E-state index contributed by atoms with van der Waals surface area (Å²) in [7, 11) is 3.20. The number of anilines is 4. The summed E-state index contributed by atoms with van der Waals surface area (Å²) in [6.45, 7) is 0. The fourth-order valence-electron chi connectivity index (χ4n) is 4.41. The molecule has 10 heteroatoms. The van der Waals surface area contributed by atoms with Crippen LogP contribution >= 0.6 is 11.9 Å². The molecule has 5 rings (SSSR count). The van der Waals surface area contributed by atoms with Crippen LogP contribution in [-0.2, 0) is 9.59 Å². The van der Waals surface area contributed by atoms with E-state index in [4.69, 9.17) is 19.4 Å². The number of hydrogen-bond acceptors (Lipinski definition) is 9. The zero-order chi connectivity index (χ0) is 27.2. The van der Waals surface area contributed by atoms with Gasteiger partial charge in [-0.3, -0.25) is 9.59 Å². The van der Waals surface area contributed by atoms with Crippen molar-refractivity contribution >= 4 is 57.7 Å². The van der Waals surface area contributed by atoms with Crippen molar-refractivity contribution in [3.05, 3.63) is 66.7 Å². The standard InChI is InChI=1S/C29H29N5O4S/c1-37-22-14-20(15-23(17-22)38-2)30-27-28(33-26-12-4-3-11-25(26)32-27)34-39-24-10-6-8-19(16-24)31-29(36)18-7-5-9-21(35)13-18/h3-4,6,8,10-12,14-18H,5,7,9,13H2,1-2H3,(H,30,32)(H,31,36)(H,33,34). The number of nitrogens with one attached hydrogen (secondary N) is 3. The molecule has 1 saturated carbocycles. The lowest BCUT2D eigenvalue weighted by atomic mass is 9.88. The largest absolute Gasteiger partial charge is 0.497 e. The van der Waals surface area contributed by atoms with Gasteiger partial charge >= 0.3 is 0 Å². The van der Waals surface area contributed by atoms with Gasteiger partial charge in [-0.25, -0.2) is 9.97 Å². The van der Waals surface area contributed by atoms with E-state index in [0.717, 1.165) is 34.5 Å². The highest BCUT2D eigenvalue weighted by Crippen LogP contribution is 2.33. The van der Waals surface area contributed by atoms with Crippen molar-refractivity contribution in [3.8, 4) is 11.5 Å². The van der Waals surface area contributed by atoms with Gasteiger partial charge in [0.25, 0.3) is 0 Å². The maximum Gasteiger partial charge on any atom is 0.227 e. The molecule has 1 unspecified atom stereocenters. The number of methoxy groups -OCH3 is 2. The van der Waals surface area contributed by atoms with E-state index in [2.05, 4.69) is 15.4 Å². The Labute approximate surface area is 230 Å². The molecule has 1 heterocycles. The van der Waals surface area contributed by atoms with Crippen molar-refractivity contribution in [1.82, 2.24) is 9.97 Å². The van der Waals surface area contributed by atoms with Crippen molar-refractivity contribution in [3.63, 3.8) is 0 Å². The Morgan fingerprint density at radius 3 is 2.31 bits per heavy atom. The molecule has 1 aliphatic carbocycles. The molecule has 0 bridgehead atoms. The summed E-state index contributed by atoms with van der Waals surface area (Å²) >= 11 is 1.35. The van der Waals surface area contributed by atoms with Gasteiger partial charge in [-0.05, 0) is 55.1 Å². The molecule has 3 aromatic carbocycles. The fourth-order valence-corrected chi connectivity index (χ4v) is 5.10. The topological polar surface area (TPSA) is 114 Å². The molecule has 3 N–H and O–H groups in total. The summed E-state index contributed by atoms with van der Waals surface area (Å²) in [6.07, 6.45) is 2.39. The lowest BCUT2D eigenvalue weighted by molar-refractivity contribution is -0.128. The van der Waals surface area contributed by atoms with Crippen molar-refractivity contribution < 1.29 is 19.1 Å². The van der Waals surface area contributed by atoms with E-state index < -0.39 is 0 Å². The summed E-state index contributed by atoms with van der Waals surface area (Å²) in [5.74, 6) is 2.13. The average molecular weight is 544 g/mol. The molecule has 0 spiro atoms. The van der Waals surface area contributed by atoms with E-state index in [1.54, 1.807) is 20.3 Å². The molecule has 9 nitrogen and oxygen atoms in total. The van der Waals surface area contributed by atoms with E-state index in [1.807, 2.05) is 60.7 Å². The molecule has 0 aliphatic heterocycles. The van der Waals surface area contributed by atoms with Gasteiger partial charge in [0.1, 0.15) is 17.3 Å². The van der Waals surface area contributed by atoms with Crippen LogP contribution in [0, 0.1) is 5.92 Å². The highest BCUT2D eigenvalue weighted by atomic mass is 32.2. The van der Waals surface area contributed by atoms with Crippen LogP contribution in [0.15, 0.2) is 71.6 Å². The normalized spacial score (nSPS) is 15.0. The molecule has 0 radical (unpaired) electrons. The molecule has 0 saturated heterocycles. The molecular weight excluding hydrogens is 514 g/mol. The quantitative estimate of drug-likeness (QED) is 0.212. The van der Waals surface area contributed by atoms with Gasteiger partial charge in [0, 0.05) is 53.2 Å². The zero-order valence-corrected chi connectivity index (χ0v) is 22.5. The predicted octanol–water partition coefficient (Wildman–Crippen LogP) is 6.21. The van der Waals surface area contributed by atoms with Gasteiger partial charge in [0.05, 0.1) is 25.3 Å². The number of para-hydroxylation sites is 2. The molecule has 1 aliphatic rings. The molecule has 1 aromatic heterocycles. The van der Waals surface area contributed by atoms with Crippen LogP contribution in [0.3, 0.4) is 0 Å². The van der Waals surface area contributed by atoms with E-state index in [9.17, 15) is 9.59 Å². The predicted molar refractivity (Wildman–Crippen MR) is 154 cm³/mol. The van der Waals surface area contributed by atoms with Crippen molar-refractivity contribution in [1.29, 1.82) is 0 Å². The lowest BCUT2D eigenvalue weighted by Crippen LogP contribution is -2.28. The number of rotatable bonds is 9. The number of carbonyl (C=O) groups is 2. The molecule has 4 aromatic rings. The van der Waals surface area contributed by atoms with Crippen molar-refractivity contribution in [2.24, 2.45) is 5.92 Å². The van der Waals surface area contributed by atoms with Crippen LogP contribution in [-0.4, -0.2) is 35.9 Å². The monoisotopic (exact) mass is 543 g/mol. The molecule has 1 fully saturated rings. The van der Waals surface area contributed by atoms with Gasteiger partial charge < -0.3 is 24.8 Å². The third-order valence-corrected chi connectivity index (χ3v) is 7.19. The molecular formula is C29H29N5O4S. The maximum absolute atomic E-state index is 12.7. The third kappa shape index (κ3) is 6.58. The van der Waals surface area contributed by atoms with E-state index in [0.29, 0.717) is 41.7 Å². The minimum absolute atomic E-state index is 0.112. The Kier molecular flexibility index (Phi) is 8.12. The second-order valence-corrected chi connectivity index (χ2v) is 10.1. The van der Waals surface area contributed by atoms with Gasteiger partial charge in [0.15, 0.2) is 11.6 Å². The number of Topliss-reactive ketones (excluding diaryl/α,β-unsaturated/α-hetero) is 1. The van der Waals surface area contributed by atoms with Gasteiger partial charge in [-0.2, -0.15) is 0 Å². The van der Waals surface area contributed by atoms with Crippen LogP contribution in [0.25, 0.3) is 11.0 Å². The van der Waals surface area contributed by atoms with Crippen molar-refractivity contribution in [2.75, 3.05) is 29.6 Å². The van der Waals surface area contributed by atoms with Gasteiger partial charge in [-0.1, -0.05) is 18.2 Å². The number of carbonyl (C=O) groups excluding carboxylic acids is 2. The minimum Gasteiger partial charge on any atom is -0.497 e. The Hall–Kier alpha value is -4.31. The van der Waals surface area contributed by atoms with E-state index >= 15 is 0 Å². The highest BCUT2D eigenvalue weighted by molar-refractivity contribution is 8.00. The van der Waals surface area contributed by atoms with Crippen LogP contribution in [0.2, 0.25) is 0 Å². The second kappa shape index (κ2) is 12.0. The molecule has 1 amide bonds. The van der Waals surface area contributed by atoms with Crippen LogP contribution in [0.5, 0.6) is 11.5 Å². The molecule has 39 heavy (non-hydrogen) atoms. The first-order valence-electron chi connectivity index (χ1n) is 12.6. The first-order valence-corrected chi connectivity index (χ1v) is 13.4. The SMILES string of the molecule is COc1cc(Nc2nc3ccccc3nc2NSc2cccc(NC(=O)C3CCCC(=O)C3)c2)cc(OC)c1. The highest BCUT2D eigenvalue weighted by Gasteiger charge is 2.25. The minimum atomic E-state index is -0.266. The summed E-state index contributed by atoms with van der Waals surface area (Å²) in [4.78, 5) is 34.9. The second-order valence-electron chi connectivity index (χ2n) is 9.19. The number of ketones is 1. The number of hydrogen-bond donors (Lipinski definition) is 3. The van der Waals surface area contributed by atoms with E-state index in [-0.39, 0.29) is 17.6 Å².